The third-order valence-electron chi connectivity index (χ3n) is 24.0. The zero-order valence-corrected chi connectivity index (χ0v) is 64.1. The van der Waals surface area contributed by atoms with Gasteiger partial charge < -0.3 is 14.4 Å². The Morgan fingerprint density at radius 2 is 0.560 bits per heavy atom. The molecule has 0 spiro atoms. The van der Waals surface area contributed by atoms with E-state index in [-0.39, 0.29) is 0 Å². The largest absolute Gasteiger partial charge is 0.309 e. The molecule has 0 fully saturated rings. The lowest BCUT2D eigenvalue weighted by Gasteiger charge is -2.35. The number of fused-ring (bicyclic) bond motifs is 18. The number of rotatable bonds is 12. The van der Waals surface area contributed by atoms with Crippen molar-refractivity contribution in [1.82, 2.24) is 4.57 Å². The van der Waals surface area contributed by atoms with E-state index in [0.717, 1.165) is 28.4 Å². The maximum Gasteiger partial charge on any atom is 0.0624 e. The lowest BCUT2D eigenvalue weighted by atomic mass is 9.76. The highest BCUT2D eigenvalue weighted by Gasteiger charge is 2.34. The van der Waals surface area contributed by atoms with E-state index in [1.807, 2.05) is 11.3 Å². The molecule has 0 bridgehead atoms. The van der Waals surface area contributed by atoms with Gasteiger partial charge in [-0.1, -0.05) is 309 Å². The van der Waals surface area contributed by atoms with Gasteiger partial charge in [-0.2, -0.15) is 0 Å². The molecule has 116 heavy (non-hydrogen) atoms. The molecule has 20 aromatic carbocycles. The van der Waals surface area contributed by atoms with Crippen molar-refractivity contribution < 1.29 is 0 Å². The minimum Gasteiger partial charge on any atom is -0.309 e. The summed E-state index contributed by atoms with van der Waals surface area (Å²) in [5.41, 5.74) is 33.0. The average molecular weight is 1490 g/mol. The van der Waals surface area contributed by atoms with Crippen LogP contribution in [0.2, 0.25) is 0 Å². The first kappa shape index (κ1) is 66.8. The second kappa shape index (κ2) is 27.5. The van der Waals surface area contributed by atoms with Crippen molar-refractivity contribution in [1.29, 1.82) is 0 Å². The number of aromatic nitrogens is 1. The highest BCUT2D eigenvalue weighted by molar-refractivity contribution is 7.26. The molecular weight excluding hydrogens is 1420 g/mol. The molecule has 3 nitrogen and oxygen atoms in total. The molecule has 0 saturated carbocycles. The van der Waals surface area contributed by atoms with Crippen molar-refractivity contribution in [2.75, 3.05) is 9.80 Å². The Morgan fingerprint density at radius 1 is 0.190 bits per heavy atom. The maximum atomic E-state index is 2.51. The fourth-order valence-corrected chi connectivity index (χ4v) is 19.7. The Hall–Kier alpha value is -14.9. The summed E-state index contributed by atoms with van der Waals surface area (Å²) in [7, 11) is 0. The van der Waals surface area contributed by atoms with E-state index in [2.05, 4.69) is 445 Å². The SMILES string of the molecule is c1ccc(-c2ccc(N(c3ccc(-c4cccc5c4sc4ccccc45)cc3)c3c4c(cc5ccccc35)-c3cc5ccc(-c6ccccc6)cc5cc3-4)cc2)cc1.c1ccc(-c2ccc(N(c3ccc4c5ccccc5n(-c5ccccc5)c4c3)c3c4c(cc5ccccc35)-c3cc5ccc(-c6ccccc6)cc5cc3-4)cc2)cc1. The van der Waals surface area contributed by atoms with E-state index in [4.69, 9.17) is 0 Å². The predicted molar refractivity (Wildman–Crippen MR) is 496 cm³/mol. The number of hydrogen-bond acceptors (Lipinski definition) is 3. The highest BCUT2D eigenvalue weighted by atomic mass is 32.1. The quantitative estimate of drug-likeness (QED) is 0.121. The first-order valence-corrected chi connectivity index (χ1v) is 40.7. The zero-order valence-electron chi connectivity index (χ0n) is 63.2. The van der Waals surface area contributed by atoms with Gasteiger partial charge in [0.15, 0.2) is 0 Å². The van der Waals surface area contributed by atoms with Crippen molar-refractivity contribution >= 4 is 131 Å². The van der Waals surface area contributed by atoms with Gasteiger partial charge in [-0.25, -0.2) is 0 Å². The average Bonchev–Trinajstić information content (AvgIpc) is 1.46. The van der Waals surface area contributed by atoms with Crippen molar-refractivity contribution in [2.45, 2.75) is 0 Å². The van der Waals surface area contributed by atoms with Crippen LogP contribution in [0.25, 0.3) is 191 Å². The molecule has 24 rings (SSSR count). The molecular formula is C112H71N3S. The molecule has 0 amide bonds. The van der Waals surface area contributed by atoms with Crippen LogP contribution >= 0.6 is 11.3 Å². The van der Waals surface area contributed by atoms with E-state index in [0.29, 0.717) is 0 Å². The molecule has 0 N–H and O–H groups in total. The van der Waals surface area contributed by atoms with E-state index < -0.39 is 0 Å². The molecule has 0 aliphatic heterocycles. The van der Waals surface area contributed by atoms with Crippen LogP contribution in [-0.4, -0.2) is 4.57 Å². The normalized spacial score (nSPS) is 11.8. The summed E-state index contributed by atoms with van der Waals surface area (Å²) >= 11 is 1.88. The van der Waals surface area contributed by atoms with Crippen LogP contribution in [0.4, 0.5) is 34.1 Å². The molecule has 2 aliphatic carbocycles. The fraction of sp³-hybridized carbons (Fsp3) is 0. The van der Waals surface area contributed by atoms with Gasteiger partial charge >= 0.3 is 0 Å². The Labute approximate surface area is 676 Å². The number of hydrogen-bond donors (Lipinski definition) is 0. The molecule has 22 aromatic rings. The third-order valence-corrected chi connectivity index (χ3v) is 25.2. The molecule has 4 heteroatoms. The molecule has 540 valence electrons. The van der Waals surface area contributed by atoms with Gasteiger partial charge in [-0.15, -0.1) is 11.3 Å². The molecule has 0 radical (unpaired) electrons. The third kappa shape index (κ3) is 11.2. The zero-order chi connectivity index (χ0) is 76.3. The summed E-state index contributed by atoms with van der Waals surface area (Å²) in [5, 5.41) is 15.1. The van der Waals surface area contributed by atoms with Crippen LogP contribution in [0.3, 0.4) is 0 Å². The van der Waals surface area contributed by atoms with E-state index in [1.165, 1.54) is 197 Å². The monoisotopic (exact) mass is 1490 g/mol. The van der Waals surface area contributed by atoms with Crippen molar-refractivity contribution in [3.8, 4) is 106 Å². The van der Waals surface area contributed by atoms with E-state index in [1.54, 1.807) is 0 Å². The standard InChI is InChI=1S/C56H36N2.C56H35NS/c1-4-14-37(15-5-1)39-26-28-45(29-27-39)57(46-30-31-49-48-22-12-13-23-53(48)58(54(49)36-46)44-19-8-3-9-20-44)56-47-21-11-10-18-42(47)34-51-50-33-41-25-24-40(38-16-6-2-7-17-38)32-43(41)35-52(50)55(51)56;1-3-12-36(13-4-1)38-24-28-44(29-25-38)57(45-30-26-39(27-31-45)47-19-11-20-49-48-18-9-10-21-53(48)58-56(47)49)55-46-17-8-7-16-42(46)34-51-50-33-41-23-22-40(37-14-5-2-6-15-37)32-43(41)35-52(50)54(51)55/h1-36H;1-35H. The summed E-state index contributed by atoms with van der Waals surface area (Å²) in [5.74, 6) is 0. The highest BCUT2D eigenvalue weighted by Crippen LogP contribution is 2.61. The Morgan fingerprint density at radius 3 is 1.08 bits per heavy atom. The lowest BCUT2D eigenvalue weighted by Crippen LogP contribution is -2.15. The van der Waals surface area contributed by atoms with Gasteiger partial charge in [0.1, 0.15) is 0 Å². The van der Waals surface area contributed by atoms with Crippen LogP contribution in [0, 0.1) is 0 Å². The number of anilines is 6. The molecule has 0 atom stereocenters. The molecule has 2 aliphatic rings. The minimum atomic E-state index is 1.11. The van der Waals surface area contributed by atoms with Gasteiger partial charge in [0, 0.05) is 81.3 Å². The Kier molecular flexibility index (Phi) is 15.8. The number of para-hydroxylation sites is 2. The molecule has 0 unspecified atom stereocenters. The lowest BCUT2D eigenvalue weighted by molar-refractivity contribution is 1.18. The summed E-state index contributed by atoms with van der Waals surface area (Å²) in [4.78, 5) is 5.00. The minimum absolute atomic E-state index is 1.11. The number of nitrogens with zero attached hydrogens (tertiary/aromatic N) is 3. The van der Waals surface area contributed by atoms with Gasteiger partial charge in [-0.3, -0.25) is 0 Å². The topological polar surface area (TPSA) is 11.4 Å². The predicted octanol–water partition coefficient (Wildman–Crippen LogP) is 32.0. The van der Waals surface area contributed by atoms with Gasteiger partial charge in [-0.05, 0) is 243 Å². The molecule has 2 heterocycles. The van der Waals surface area contributed by atoms with E-state index >= 15 is 0 Å². The van der Waals surface area contributed by atoms with Crippen molar-refractivity contribution in [3.63, 3.8) is 0 Å². The smallest absolute Gasteiger partial charge is 0.0624 e. The number of thiophene rings is 1. The second-order valence-corrected chi connectivity index (χ2v) is 31.7. The van der Waals surface area contributed by atoms with Crippen LogP contribution < -0.4 is 9.80 Å². The van der Waals surface area contributed by atoms with Gasteiger partial charge in [0.05, 0.1) is 22.4 Å². The van der Waals surface area contributed by atoms with Crippen LogP contribution in [-0.2, 0) is 0 Å². The van der Waals surface area contributed by atoms with Crippen LogP contribution in [0.1, 0.15) is 0 Å². The maximum absolute atomic E-state index is 2.51. The molecule has 2 aromatic heterocycles. The summed E-state index contributed by atoms with van der Waals surface area (Å²) in [6.07, 6.45) is 0. The van der Waals surface area contributed by atoms with E-state index in [9.17, 15) is 0 Å². The molecule has 0 saturated heterocycles. The van der Waals surface area contributed by atoms with Gasteiger partial charge in [0.25, 0.3) is 0 Å². The Bertz CT molecular complexity index is 7640. The van der Waals surface area contributed by atoms with Gasteiger partial charge in [0.2, 0.25) is 0 Å². The summed E-state index contributed by atoms with van der Waals surface area (Å²) < 4.78 is 5.07. The first-order valence-electron chi connectivity index (χ1n) is 39.9. The fourth-order valence-electron chi connectivity index (χ4n) is 18.4. The van der Waals surface area contributed by atoms with Crippen molar-refractivity contribution in [2.24, 2.45) is 0 Å². The summed E-state index contributed by atoms with van der Waals surface area (Å²) in [6.45, 7) is 0. The number of benzene rings is 20. The Balaban J connectivity index is 0.000000137. The summed E-state index contributed by atoms with van der Waals surface area (Å²) in [6, 6.07) is 158. The van der Waals surface area contributed by atoms with Crippen LogP contribution in [0.15, 0.2) is 431 Å². The first-order chi connectivity index (χ1) is 57.5. The van der Waals surface area contributed by atoms with Crippen LogP contribution in [0.5, 0.6) is 0 Å². The van der Waals surface area contributed by atoms with Crippen molar-refractivity contribution in [3.05, 3.63) is 431 Å². The second-order valence-electron chi connectivity index (χ2n) is 30.6.